The molecule has 0 aliphatic carbocycles. The number of carbonyl (C=O) groups excluding carboxylic acids is 1. The number of rotatable bonds is 5. The van der Waals surface area contributed by atoms with Crippen LogP contribution in [0.15, 0.2) is 24.3 Å². The van der Waals surface area contributed by atoms with E-state index in [1.807, 2.05) is 6.92 Å². The molecule has 0 saturated carbocycles. The van der Waals surface area contributed by atoms with Gasteiger partial charge in [-0.25, -0.2) is 0 Å². The first-order valence-corrected chi connectivity index (χ1v) is 5.59. The highest BCUT2D eigenvalue weighted by molar-refractivity contribution is 5.77. The number of non-ortho nitro benzene ring substituents is 1. The van der Waals surface area contributed by atoms with E-state index < -0.39 is 4.92 Å². The van der Waals surface area contributed by atoms with Gasteiger partial charge in [-0.3, -0.25) is 14.9 Å². The van der Waals surface area contributed by atoms with Gasteiger partial charge < -0.3 is 10.2 Å². The van der Waals surface area contributed by atoms with Crippen LogP contribution >= 0.6 is 0 Å². The maximum Gasteiger partial charge on any atom is 0.269 e. The average molecular weight is 251 g/mol. The third-order valence-corrected chi connectivity index (χ3v) is 2.64. The number of nitro groups is 1. The molecular formula is C12H17N3O3. The lowest BCUT2D eigenvalue weighted by molar-refractivity contribution is -0.384. The zero-order chi connectivity index (χ0) is 13.7. The Bertz CT molecular complexity index is 446. The molecule has 0 heterocycles. The van der Waals surface area contributed by atoms with Crippen LogP contribution in [0, 0.1) is 10.1 Å². The van der Waals surface area contributed by atoms with Crippen molar-refractivity contribution < 1.29 is 9.72 Å². The molecule has 0 aliphatic rings. The molecule has 0 radical (unpaired) electrons. The van der Waals surface area contributed by atoms with Gasteiger partial charge in [0.05, 0.1) is 11.5 Å². The van der Waals surface area contributed by atoms with Crippen LogP contribution in [0.25, 0.3) is 0 Å². The number of benzene rings is 1. The maximum absolute atomic E-state index is 11.4. The number of nitrogens with one attached hydrogen (secondary N) is 1. The van der Waals surface area contributed by atoms with E-state index in [2.05, 4.69) is 5.32 Å². The Balaban J connectivity index is 2.67. The molecule has 98 valence electrons. The van der Waals surface area contributed by atoms with E-state index in [1.165, 1.54) is 17.0 Å². The van der Waals surface area contributed by atoms with Gasteiger partial charge in [0, 0.05) is 32.3 Å². The van der Waals surface area contributed by atoms with Crippen molar-refractivity contribution in [2.24, 2.45) is 0 Å². The summed E-state index contributed by atoms with van der Waals surface area (Å²) in [5.74, 6) is -0.0349. The van der Waals surface area contributed by atoms with E-state index >= 15 is 0 Å². The van der Waals surface area contributed by atoms with Crippen molar-refractivity contribution in [3.05, 3.63) is 39.9 Å². The Morgan fingerprint density at radius 2 is 2.17 bits per heavy atom. The zero-order valence-corrected chi connectivity index (χ0v) is 10.7. The molecule has 0 spiro atoms. The van der Waals surface area contributed by atoms with Crippen LogP contribution in [0.5, 0.6) is 0 Å². The number of carbonyl (C=O) groups is 1. The molecule has 0 bridgehead atoms. The zero-order valence-electron chi connectivity index (χ0n) is 10.7. The molecule has 1 N–H and O–H groups in total. The van der Waals surface area contributed by atoms with Gasteiger partial charge in [0.25, 0.3) is 5.69 Å². The highest BCUT2D eigenvalue weighted by Crippen LogP contribution is 2.18. The molecule has 1 amide bonds. The predicted octanol–water partition coefficient (Wildman–Crippen LogP) is 1.33. The van der Waals surface area contributed by atoms with E-state index in [4.69, 9.17) is 0 Å². The van der Waals surface area contributed by atoms with Gasteiger partial charge in [-0.05, 0) is 12.5 Å². The van der Waals surface area contributed by atoms with Crippen LogP contribution in [0.3, 0.4) is 0 Å². The van der Waals surface area contributed by atoms with Crippen LogP contribution in [0.4, 0.5) is 5.69 Å². The normalized spacial score (nSPS) is 11.9. The van der Waals surface area contributed by atoms with Crippen LogP contribution in [0.1, 0.15) is 18.5 Å². The Labute approximate surface area is 106 Å². The SMILES string of the molecule is CC(NCC(=O)N(C)C)c1cccc([N+](=O)[O-])c1. The number of hydrogen-bond acceptors (Lipinski definition) is 4. The van der Waals surface area contributed by atoms with E-state index in [0.717, 1.165) is 5.56 Å². The Morgan fingerprint density at radius 3 is 2.72 bits per heavy atom. The Morgan fingerprint density at radius 1 is 1.50 bits per heavy atom. The van der Waals surface area contributed by atoms with Crippen molar-refractivity contribution in [2.45, 2.75) is 13.0 Å². The smallest absolute Gasteiger partial charge is 0.269 e. The molecular weight excluding hydrogens is 234 g/mol. The lowest BCUT2D eigenvalue weighted by Crippen LogP contribution is -2.34. The molecule has 0 aromatic heterocycles. The first-order chi connectivity index (χ1) is 8.41. The minimum absolute atomic E-state index is 0.0349. The molecule has 1 unspecified atom stereocenters. The fourth-order valence-corrected chi connectivity index (χ4v) is 1.42. The van der Waals surface area contributed by atoms with Crippen molar-refractivity contribution in [3.63, 3.8) is 0 Å². The molecule has 6 nitrogen and oxygen atoms in total. The summed E-state index contributed by atoms with van der Waals surface area (Å²) in [6, 6.07) is 6.28. The maximum atomic E-state index is 11.4. The van der Waals surface area contributed by atoms with Crippen LogP contribution in [-0.4, -0.2) is 36.4 Å². The lowest BCUT2D eigenvalue weighted by Gasteiger charge is -2.16. The number of likely N-dealkylation sites (N-methyl/N-ethyl adjacent to an activating group) is 1. The van der Waals surface area contributed by atoms with E-state index in [1.54, 1.807) is 26.2 Å². The number of nitrogens with zero attached hydrogens (tertiary/aromatic N) is 2. The Kier molecular flexibility index (Phi) is 4.79. The standard InChI is InChI=1S/C12H17N3O3/c1-9(13-8-12(16)14(2)3)10-5-4-6-11(7-10)15(17)18/h4-7,9,13H,8H2,1-3H3. The minimum atomic E-state index is -0.429. The molecule has 0 fully saturated rings. The van der Waals surface area contributed by atoms with Gasteiger partial charge in [-0.1, -0.05) is 12.1 Å². The second kappa shape index (κ2) is 6.11. The quantitative estimate of drug-likeness (QED) is 0.632. The fraction of sp³-hybridized carbons (Fsp3) is 0.417. The highest BCUT2D eigenvalue weighted by atomic mass is 16.6. The summed E-state index contributed by atoms with van der Waals surface area (Å²) in [4.78, 5) is 23.1. The number of amides is 1. The first-order valence-electron chi connectivity index (χ1n) is 5.59. The Hall–Kier alpha value is -1.95. The third-order valence-electron chi connectivity index (χ3n) is 2.64. The molecule has 1 aromatic rings. The largest absolute Gasteiger partial charge is 0.348 e. The topological polar surface area (TPSA) is 75.5 Å². The molecule has 1 aromatic carbocycles. The van der Waals surface area contributed by atoms with Crippen LogP contribution in [0.2, 0.25) is 0 Å². The summed E-state index contributed by atoms with van der Waals surface area (Å²) in [5, 5.41) is 13.7. The van der Waals surface area contributed by atoms with Crippen LogP contribution in [-0.2, 0) is 4.79 Å². The number of nitro benzene ring substituents is 1. The highest BCUT2D eigenvalue weighted by Gasteiger charge is 2.12. The van der Waals surface area contributed by atoms with Gasteiger partial charge >= 0.3 is 0 Å². The number of hydrogen-bond donors (Lipinski definition) is 1. The van der Waals surface area contributed by atoms with E-state index in [0.29, 0.717) is 0 Å². The van der Waals surface area contributed by atoms with E-state index in [9.17, 15) is 14.9 Å². The molecule has 6 heteroatoms. The summed E-state index contributed by atoms with van der Waals surface area (Å²) < 4.78 is 0. The minimum Gasteiger partial charge on any atom is -0.348 e. The fourth-order valence-electron chi connectivity index (χ4n) is 1.42. The van der Waals surface area contributed by atoms with Gasteiger partial charge in [0.1, 0.15) is 0 Å². The van der Waals surface area contributed by atoms with Crippen LogP contribution < -0.4 is 5.32 Å². The van der Waals surface area contributed by atoms with Gasteiger partial charge in [0.15, 0.2) is 0 Å². The molecule has 1 atom stereocenters. The summed E-state index contributed by atoms with van der Waals surface area (Å²) in [6.45, 7) is 2.07. The van der Waals surface area contributed by atoms with Crippen molar-refractivity contribution in [1.82, 2.24) is 10.2 Å². The summed E-state index contributed by atoms with van der Waals surface area (Å²) in [7, 11) is 3.37. The molecule has 0 aliphatic heterocycles. The van der Waals surface area contributed by atoms with E-state index in [-0.39, 0.29) is 24.2 Å². The predicted molar refractivity (Wildman–Crippen MR) is 68.2 cm³/mol. The monoisotopic (exact) mass is 251 g/mol. The summed E-state index contributed by atoms with van der Waals surface area (Å²) in [5.41, 5.74) is 0.843. The second-order valence-corrected chi connectivity index (χ2v) is 4.24. The van der Waals surface area contributed by atoms with Crippen molar-refractivity contribution in [2.75, 3.05) is 20.6 Å². The first kappa shape index (κ1) is 14.1. The third kappa shape index (κ3) is 3.81. The van der Waals surface area contributed by atoms with Crippen molar-refractivity contribution in [1.29, 1.82) is 0 Å². The molecule has 18 heavy (non-hydrogen) atoms. The lowest BCUT2D eigenvalue weighted by atomic mass is 10.1. The second-order valence-electron chi connectivity index (χ2n) is 4.24. The molecule has 1 rings (SSSR count). The summed E-state index contributed by atoms with van der Waals surface area (Å²) in [6.07, 6.45) is 0. The summed E-state index contributed by atoms with van der Waals surface area (Å²) >= 11 is 0. The van der Waals surface area contributed by atoms with Crippen molar-refractivity contribution >= 4 is 11.6 Å². The van der Waals surface area contributed by atoms with Gasteiger partial charge in [-0.15, -0.1) is 0 Å². The molecule has 0 saturated heterocycles. The average Bonchev–Trinajstić information content (AvgIpc) is 2.35. The van der Waals surface area contributed by atoms with Gasteiger partial charge in [0.2, 0.25) is 5.91 Å². The van der Waals surface area contributed by atoms with Gasteiger partial charge in [-0.2, -0.15) is 0 Å². The van der Waals surface area contributed by atoms with Crippen molar-refractivity contribution in [3.8, 4) is 0 Å².